The maximum atomic E-state index is 13.2. The first-order chi connectivity index (χ1) is 15.8. The van der Waals surface area contributed by atoms with Crippen molar-refractivity contribution in [2.75, 3.05) is 47.8 Å². The molecule has 0 saturated carbocycles. The zero-order valence-corrected chi connectivity index (χ0v) is 19.0. The van der Waals surface area contributed by atoms with E-state index < -0.39 is 28.5 Å². The second-order valence-corrected chi connectivity index (χ2v) is 9.96. The summed E-state index contributed by atoms with van der Waals surface area (Å²) in [5.74, 6) is 1.32. The van der Waals surface area contributed by atoms with Gasteiger partial charge >= 0.3 is 16.4 Å². The van der Waals surface area contributed by atoms with E-state index in [1.807, 2.05) is 12.1 Å². The molecular formula is C20H28N6O6S. The number of urea groups is 1. The van der Waals surface area contributed by atoms with E-state index in [4.69, 9.17) is 9.54 Å². The quantitative estimate of drug-likeness (QED) is 0.576. The van der Waals surface area contributed by atoms with Crippen LogP contribution in [0, 0.1) is 0 Å². The van der Waals surface area contributed by atoms with Crippen molar-refractivity contribution in [3.63, 3.8) is 0 Å². The van der Waals surface area contributed by atoms with Crippen molar-refractivity contribution in [3.8, 4) is 0 Å². The second-order valence-electron chi connectivity index (χ2n) is 8.96. The number of carbonyl (C=O) groups excluding carboxylic acids is 2. The third-order valence-electron chi connectivity index (χ3n) is 6.73. The highest BCUT2D eigenvalue weighted by Crippen LogP contribution is 2.32. The number of nitrogens with one attached hydrogen (secondary N) is 1. The van der Waals surface area contributed by atoms with E-state index in [1.54, 1.807) is 0 Å². The molecule has 12 nitrogen and oxygen atoms in total. The number of nitrogens with zero attached hydrogens (tertiary/aromatic N) is 5. The van der Waals surface area contributed by atoms with Crippen molar-refractivity contribution >= 4 is 39.7 Å². The van der Waals surface area contributed by atoms with Gasteiger partial charge in [-0.25, -0.2) is 9.78 Å². The molecule has 5 rings (SSSR count). The Balaban J connectivity index is 1.34. The van der Waals surface area contributed by atoms with Gasteiger partial charge in [-0.2, -0.15) is 13.5 Å². The Labute approximate surface area is 192 Å². The number of aromatic nitrogens is 1. The first-order valence-corrected chi connectivity index (χ1v) is 12.7. The monoisotopic (exact) mass is 480 g/mol. The molecule has 0 spiro atoms. The molecule has 2 bridgehead atoms. The summed E-state index contributed by atoms with van der Waals surface area (Å²) in [4.78, 5) is 36.4. The molecule has 1 aromatic heterocycles. The minimum Gasteiger partial charge on any atom is -0.356 e. The van der Waals surface area contributed by atoms with Gasteiger partial charge in [-0.3, -0.25) is 9.35 Å². The van der Waals surface area contributed by atoms with E-state index in [1.165, 1.54) is 4.90 Å². The maximum absolute atomic E-state index is 13.2. The molecule has 2 atom stereocenters. The van der Waals surface area contributed by atoms with Gasteiger partial charge in [-0.1, -0.05) is 0 Å². The SMILES string of the molecule is O=C(Nc1cc(N2CCCC2)nc(N2CCCC2)c1)[C@@H]1CC[C@@H]2CN1C(=O)N2OS(=O)(=O)O. The number of amides is 3. The van der Waals surface area contributed by atoms with Crippen LogP contribution in [-0.4, -0.2) is 84.7 Å². The number of hydroxylamine groups is 2. The van der Waals surface area contributed by atoms with Crippen molar-refractivity contribution in [1.29, 1.82) is 0 Å². The Bertz CT molecular complexity index is 1010. The fraction of sp³-hybridized carbons (Fsp3) is 0.650. The second kappa shape index (κ2) is 8.61. The topological polar surface area (TPSA) is 136 Å². The van der Waals surface area contributed by atoms with Crippen LogP contribution in [-0.2, 0) is 19.5 Å². The van der Waals surface area contributed by atoms with Gasteiger partial charge in [0.1, 0.15) is 17.7 Å². The van der Waals surface area contributed by atoms with Gasteiger partial charge in [0.2, 0.25) is 5.91 Å². The number of piperidine rings is 1. The molecular weight excluding hydrogens is 452 g/mol. The highest BCUT2D eigenvalue weighted by atomic mass is 32.3. The lowest BCUT2D eigenvalue weighted by Crippen LogP contribution is -2.47. The number of carbonyl (C=O) groups is 2. The first-order valence-electron chi connectivity index (χ1n) is 11.4. The summed E-state index contributed by atoms with van der Waals surface area (Å²) in [6.07, 6.45) is 5.18. The van der Waals surface area contributed by atoms with E-state index in [-0.39, 0.29) is 12.5 Å². The smallest absolute Gasteiger partial charge is 0.356 e. The zero-order chi connectivity index (χ0) is 23.2. The molecule has 4 aliphatic rings. The molecule has 180 valence electrons. The predicted octanol–water partition coefficient (Wildman–Crippen LogP) is 1.22. The Hall–Kier alpha value is -2.64. The van der Waals surface area contributed by atoms with Crippen LogP contribution in [0.3, 0.4) is 0 Å². The fourth-order valence-electron chi connectivity index (χ4n) is 5.12. The largest absolute Gasteiger partial charge is 0.418 e. The summed E-state index contributed by atoms with van der Waals surface area (Å²) in [5, 5.41) is 3.60. The Morgan fingerprint density at radius 2 is 1.61 bits per heavy atom. The van der Waals surface area contributed by atoms with Gasteiger partial charge in [-0.15, -0.1) is 4.28 Å². The molecule has 0 aliphatic carbocycles. The van der Waals surface area contributed by atoms with Crippen LogP contribution in [0.2, 0.25) is 0 Å². The van der Waals surface area contributed by atoms with Crippen molar-refractivity contribution in [2.24, 2.45) is 0 Å². The van der Waals surface area contributed by atoms with E-state index in [0.29, 0.717) is 23.6 Å². The number of hydrogen-bond donors (Lipinski definition) is 2. The molecule has 4 aliphatic heterocycles. The Morgan fingerprint density at radius 3 is 2.15 bits per heavy atom. The van der Waals surface area contributed by atoms with Gasteiger partial charge in [0.25, 0.3) is 0 Å². The number of hydrogen-bond acceptors (Lipinski definition) is 8. The molecule has 13 heteroatoms. The summed E-state index contributed by atoms with van der Waals surface area (Å²) >= 11 is 0. The molecule has 3 amide bonds. The molecule has 0 unspecified atom stereocenters. The van der Waals surface area contributed by atoms with E-state index in [2.05, 4.69) is 19.4 Å². The third-order valence-corrected chi connectivity index (χ3v) is 7.07. The summed E-state index contributed by atoms with van der Waals surface area (Å²) in [7, 11) is -4.83. The average Bonchev–Trinajstić information content (AvgIpc) is 3.53. The zero-order valence-electron chi connectivity index (χ0n) is 18.2. The average molecular weight is 481 g/mol. The number of rotatable bonds is 6. The van der Waals surface area contributed by atoms with Crippen LogP contribution >= 0.6 is 0 Å². The molecule has 2 N–H and O–H groups in total. The molecule has 4 fully saturated rings. The van der Waals surface area contributed by atoms with Crippen molar-refractivity contribution < 1.29 is 26.8 Å². The standard InChI is InChI=1S/C20H28N6O6S/c27-19(16-6-5-15-13-25(16)20(28)26(15)32-33(29,30)31)21-14-11-17(23-7-1-2-8-23)22-18(12-14)24-9-3-4-10-24/h11-12,15-16H,1-10,13H2,(H,21,22,27)(H,29,30,31)/t15-,16+/m1/s1. The van der Waals surface area contributed by atoms with Gasteiger partial charge in [0, 0.05) is 50.5 Å². The number of fused-ring (bicyclic) bond motifs is 2. The molecule has 1 aromatic rings. The third kappa shape index (κ3) is 4.57. The van der Waals surface area contributed by atoms with Crippen LogP contribution in [0.4, 0.5) is 22.1 Å². The summed E-state index contributed by atoms with van der Waals surface area (Å²) in [5.41, 5.74) is 0.624. The van der Waals surface area contributed by atoms with Crippen molar-refractivity contribution in [1.82, 2.24) is 14.9 Å². The van der Waals surface area contributed by atoms with Crippen LogP contribution in [0.1, 0.15) is 38.5 Å². The minimum atomic E-state index is -4.83. The molecule has 4 saturated heterocycles. The van der Waals surface area contributed by atoms with E-state index in [9.17, 15) is 18.0 Å². The lowest BCUT2D eigenvalue weighted by atomic mass is 10.0. The molecule has 0 radical (unpaired) electrons. The highest BCUT2D eigenvalue weighted by Gasteiger charge is 2.49. The fourth-order valence-corrected chi connectivity index (χ4v) is 5.51. The summed E-state index contributed by atoms with van der Waals surface area (Å²) in [6, 6.07) is 1.69. The van der Waals surface area contributed by atoms with Gasteiger partial charge in [0.15, 0.2) is 0 Å². The number of anilines is 3. The van der Waals surface area contributed by atoms with Crippen molar-refractivity contribution in [2.45, 2.75) is 50.6 Å². The predicted molar refractivity (Wildman–Crippen MR) is 119 cm³/mol. The molecule has 33 heavy (non-hydrogen) atoms. The minimum absolute atomic E-state index is 0.154. The van der Waals surface area contributed by atoms with Gasteiger partial charge < -0.3 is 20.0 Å². The lowest BCUT2D eigenvalue weighted by Gasteiger charge is -2.29. The van der Waals surface area contributed by atoms with Crippen LogP contribution in [0.25, 0.3) is 0 Å². The van der Waals surface area contributed by atoms with Crippen LogP contribution in [0.15, 0.2) is 12.1 Å². The summed E-state index contributed by atoms with van der Waals surface area (Å²) < 4.78 is 35.6. The lowest BCUT2D eigenvalue weighted by molar-refractivity contribution is -0.120. The van der Waals surface area contributed by atoms with Gasteiger partial charge in [0.05, 0.1) is 6.04 Å². The molecule has 0 aromatic carbocycles. The summed E-state index contributed by atoms with van der Waals surface area (Å²) in [6.45, 7) is 3.87. The van der Waals surface area contributed by atoms with Crippen LogP contribution < -0.4 is 15.1 Å². The highest BCUT2D eigenvalue weighted by molar-refractivity contribution is 7.80. The van der Waals surface area contributed by atoms with Gasteiger partial charge in [-0.05, 0) is 38.5 Å². The normalized spacial score (nSPS) is 25.3. The van der Waals surface area contributed by atoms with E-state index >= 15 is 0 Å². The molecule has 5 heterocycles. The Morgan fingerprint density at radius 1 is 1.03 bits per heavy atom. The maximum Gasteiger partial charge on any atom is 0.418 e. The van der Waals surface area contributed by atoms with Crippen molar-refractivity contribution in [3.05, 3.63) is 12.1 Å². The van der Waals surface area contributed by atoms with Crippen LogP contribution in [0.5, 0.6) is 0 Å². The Kier molecular flexibility index (Phi) is 5.79. The van der Waals surface area contributed by atoms with E-state index in [0.717, 1.165) is 63.5 Å². The number of pyridine rings is 1. The first kappa shape index (κ1) is 22.2.